The Labute approximate surface area is 127 Å². The summed E-state index contributed by atoms with van der Waals surface area (Å²) in [7, 11) is 0. The normalized spacial score (nSPS) is 11.5. The van der Waals surface area contributed by atoms with Crippen LogP contribution in [0.2, 0.25) is 0 Å². The number of nitrogens with zero attached hydrogens (tertiary/aromatic N) is 1. The van der Waals surface area contributed by atoms with Crippen molar-refractivity contribution in [2.75, 3.05) is 6.54 Å². The lowest BCUT2D eigenvalue weighted by Gasteiger charge is -2.32. The van der Waals surface area contributed by atoms with Crippen LogP contribution in [0.15, 0.2) is 30.5 Å². The number of fused-ring (bicyclic) bond motifs is 1. The van der Waals surface area contributed by atoms with Crippen LogP contribution < -0.4 is 0 Å². The van der Waals surface area contributed by atoms with E-state index in [0.717, 1.165) is 35.9 Å². The summed E-state index contributed by atoms with van der Waals surface area (Å²) in [4.78, 5) is 18.1. The standard InChI is InChI=1S/C18H26N2O/c1-5-16(6-2)20(12-13(3)4)18(21)15-7-8-17-14(11-15)9-10-19-17/h7-11,13,16,19H,5-6,12H2,1-4H3. The highest BCUT2D eigenvalue weighted by atomic mass is 16.2. The molecule has 0 unspecified atom stereocenters. The van der Waals surface area contributed by atoms with Crippen LogP contribution in [0.5, 0.6) is 0 Å². The molecule has 0 saturated heterocycles. The Bertz CT molecular complexity index is 596. The monoisotopic (exact) mass is 286 g/mol. The van der Waals surface area contributed by atoms with Crippen molar-refractivity contribution < 1.29 is 4.79 Å². The molecule has 3 heteroatoms. The van der Waals surface area contributed by atoms with Gasteiger partial charge in [-0.05, 0) is 43.0 Å². The highest BCUT2D eigenvalue weighted by molar-refractivity contribution is 5.98. The third kappa shape index (κ3) is 3.46. The van der Waals surface area contributed by atoms with E-state index < -0.39 is 0 Å². The van der Waals surface area contributed by atoms with E-state index in [2.05, 4.69) is 37.6 Å². The fourth-order valence-corrected chi connectivity index (χ4v) is 2.87. The lowest BCUT2D eigenvalue weighted by atomic mass is 10.0. The quantitative estimate of drug-likeness (QED) is 0.836. The van der Waals surface area contributed by atoms with E-state index in [4.69, 9.17) is 0 Å². The Kier molecular flexibility index (Phi) is 5.05. The Morgan fingerprint density at radius 1 is 1.19 bits per heavy atom. The number of hydrogen-bond acceptors (Lipinski definition) is 1. The summed E-state index contributed by atoms with van der Waals surface area (Å²) >= 11 is 0. The molecule has 1 aromatic carbocycles. The van der Waals surface area contributed by atoms with Crippen molar-refractivity contribution in [1.29, 1.82) is 0 Å². The van der Waals surface area contributed by atoms with Gasteiger partial charge in [0, 0.05) is 35.2 Å². The summed E-state index contributed by atoms with van der Waals surface area (Å²) in [5.41, 5.74) is 1.86. The predicted octanol–water partition coefficient (Wildman–Crippen LogP) is 4.45. The minimum absolute atomic E-state index is 0.153. The van der Waals surface area contributed by atoms with E-state index >= 15 is 0 Å². The third-order valence-corrected chi connectivity index (χ3v) is 4.01. The average Bonchev–Trinajstić information content (AvgIpc) is 2.93. The molecular formula is C18H26N2O. The largest absolute Gasteiger partial charge is 0.361 e. The summed E-state index contributed by atoms with van der Waals surface area (Å²) < 4.78 is 0. The van der Waals surface area contributed by atoms with Gasteiger partial charge in [-0.15, -0.1) is 0 Å². The average molecular weight is 286 g/mol. The second-order valence-electron chi connectivity index (χ2n) is 6.10. The summed E-state index contributed by atoms with van der Waals surface area (Å²) in [6.45, 7) is 9.46. The van der Waals surface area contributed by atoms with Gasteiger partial charge in [-0.1, -0.05) is 27.7 Å². The first-order valence-electron chi connectivity index (χ1n) is 7.94. The summed E-state index contributed by atoms with van der Waals surface area (Å²) in [6.07, 6.45) is 3.91. The van der Waals surface area contributed by atoms with Crippen LogP contribution in [-0.4, -0.2) is 28.4 Å². The van der Waals surface area contributed by atoms with Crippen molar-refractivity contribution >= 4 is 16.8 Å². The number of nitrogens with one attached hydrogen (secondary N) is 1. The lowest BCUT2D eigenvalue weighted by Crippen LogP contribution is -2.42. The van der Waals surface area contributed by atoms with Gasteiger partial charge in [0.25, 0.3) is 5.91 Å². The van der Waals surface area contributed by atoms with Crippen LogP contribution in [0.3, 0.4) is 0 Å². The molecule has 0 atom stereocenters. The highest BCUT2D eigenvalue weighted by Gasteiger charge is 2.23. The van der Waals surface area contributed by atoms with Crippen molar-refractivity contribution in [3.05, 3.63) is 36.0 Å². The number of H-pyrrole nitrogens is 1. The molecule has 3 nitrogen and oxygen atoms in total. The molecule has 1 amide bonds. The van der Waals surface area contributed by atoms with Gasteiger partial charge in [0.2, 0.25) is 0 Å². The highest BCUT2D eigenvalue weighted by Crippen LogP contribution is 2.19. The van der Waals surface area contributed by atoms with Crippen molar-refractivity contribution in [3.8, 4) is 0 Å². The van der Waals surface area contributed by atoms with Gasteiger partial charge >= 0.3 is 0 Å². The molecule has 0 bridgehead atoms. The maximum Gasteiger partial charge on any atom is 0.254 e. The molecule has 0 aliphatic rings. The topological polar surface area (TPSA) is 36.1 Å². The van der Waals surface area contributed by atoms with Gasteiger partial charge in [0.1, 0.15) is 0 Å². The molecule has 1 N–H and O–H groups in total. The minimum atomic E-state index is 0.153. The van der Waals surface area contributed by atoms with Crippen LogP contribution in [0.1, 0.15) is 50.9 Å². The fraction of sp³-hybridized carbons (Fsp3) is 0.500. The zero-order valence-corrected chi connectivity index (χ0v) is 13.5. The van der Waals surface area contributed by atoms with E-state index in [1.165, 1.54) is 0 Å². The molecule has 0 aliphatic heterocycles. The third-order valence-electron chi connectivity index (χ3n) is 4.01. The van der Waals surface area contributed by atoms with Crippen molar-refractivity contribution in [3.63, 3.8) is 0 Å². The molecule has 1 heterocycles. The first-order chi connectivity index (χ1) is 10.1. The van der Waals surface area contributed by atoms with Crippen LogP contribution in [0.4, 0.5) is 0 Å². The minimum Gasteiger partial charge on any atom is -0.361 e. The molecule has 0 radical (unpaired) electrons. The predicted molar refractivity (Wildman–Crippen MR) is 88.5 cm³/mol. The Morgan fingerprint density at radius 2 is 1.90 bits per heavy atom. The summed E-state index contributed by atoms with van der Waals surface area (Å²) in [5, 5.41) is 1.09. The lowest BCUT2D eigenvalue weighted by molar-refractivity contribution is 0.0640. The molecule has 0 saturated carbocycles. The van der Waals surface area contributed by atoms with Crippen LogP contribution in [-0.2, 0) is 0 Å². The molecule has 2 aromatic rings. The van der Waals surface area contributed by atoms with Gasteiger partial charge in [0.05, 0.1) is 0 Å². The van der Waals surface area contributed by atoms with Crippen LogP contribution >= 0.6 is 0 Å². The Hall–Kier alpha value is -1.77. The molecule has 0 spiro atoms. The molecule has 2 rings (SSSR count). The first kappa shape index (κ1) is 15.6. The maximum absolute atomic E-state index is 12.9. The van der Waals surface area contributed by atoms with Crippen LogP contribution in [0.25, 0.3) is 10.9 Å². The smallest absolute Gasteiger partial charge is 0.254 e. The van der Waals surface area contributed by atoms with Gasteiger partial charge in [-0.25, -0.2) is 0 Å². The zero-order chi connectivity index (χ0) is 15.4. The second-order valence-corrected chi connectivity index (χ2v) is 6.10. The summed E-state index contributed by atoms with van der Waals surface area (Å²) in [6, 6.07) is 8.24. The number of rotatable bonds is 6. The van der Waals surface area contributed by atoms with Gasteiger partial charge in [-0.2, -0.15) is 0 Å². The van der Waals surface area contributed by atoms with Crippen molar-refractivity contribution in [2.45, 2.75) is 46.6 Å². The van der Waals surface area contributed by atoms with E-state index in [-0.39, 0.29) is 5.91 Å². The van der Waals surface area contributed by atoms with E-state index in [1.807, 2.05) is 30.5 Å². The van der Waals surface area contributed by atoms with Gasteiger partial charge < -0.3 is 9.88 Å². The SMILES string of the molecule is CCC(CC)N(CC(C)C)C(=O)c1ccc2[nH]ccc2c1. The Morgan fingerprint density at radius 3 is 2.52 bits per heavy atom. The number of aromatic nitrogens is 1. The molecular weight excluding hydrogens is 260 g/mol. The van der Waals surface area contributed by atoms with Crippen molar-refractivity contribution in [1.82, 2.24) is 9.88 Å². The molecule has 114 valence electrons. The van der Waals surface area contributed by atoms with Crippen LogP contribution in [0, 0.1) is 5.92 Å². The zero-order valence-electron chi connectivity index (χ0n) is 13.5. The van der Waals surface area contributed by atoms with E-state index in [0.29, 0.717) is 12.0 Å². The van der Waals surface area contributed by atoms with E-state index in [9.17, 15) is 4.79 Å². The Balaban J connectivity index is 2.31. The maximum atomic E-state index is 12.9. The number of carbonyl (C=O) groups excluding carboxylic acids is 1. The van der Waals surface area contributed by atoms with Gasteiger partial charge in [0.15, 0.2) is 0 Å². The molecule has 0 fully saturated rings. The van der Waals surface area contributed by atoms with Crippen molar-refractivity contribution in [2.24, 2.45) is 5.92 Å². The number of aromatic amines is 1. The second kappa shape index (κ2) is 6.79. The number of hydrogen-bond donors (Lipinski definition) is 1. The summed E-state index contributed by atoms with van der Waals surface area (Å²) in [5.74, 6) is 0.631. The first-order valence-corrected chi connectivity index (χ1v) is 7.94. The number of benzene rings is 1. The van der Waals surface area contributed by atoms with Gasteiger partial charge in [-0.3, -0.25) is 4.79 Å². The molecule has 21 heavy (non-hydrogen) atoms. The molecule has 1 aromatic heterocycles. The molecule has 0 aliphatic carbocycles. The fourth-order valence-electron chi connectivity index (χ4n) is 2.87. The number of carbonyl (C=O) groups is 1. The van der Waals surface area contributed by atoms with E-state index in [1.54, 1.807) is 0 Å². The number of amides is 1.